The van der Waals surface area contributed by atoms with E-state index in [0.29, 0.717) is 32.1 Å². The standard InChI is InChI=1S/C12H20O4.C8H16O3/c1-4-11(15)8-12(16-10(3)14)7-5-6-9(2)13;1-4-8(10)5-6(2)11-7(3)9/h5-6,11-12,15H,4,7-8H2,1-3H3;6,8,10H,4-5H2,1-3H3/b6-5+;. The van der Waals surface area contributed by atoms with E-state index < -0.39 is 6.10 Å². The molecule has 0 aromatic heterocycles. The molecule has 0 bridgehead atoms. The molecule has 0 aliphatic rings. The van der Waals surface area contributed by atoms with Crippen molar-refractivity contribution < 1.29 is 34.1 Å². The molecular weight excluding hydrogens is 352 g/mol. The average molecular weight is 389 g/mol. The third kappa shape index (κ3) is 20.4. The summed E-state index contributed by atoms with van der Waals surface area (Å²) >= 11 is 0. The van der Waals surface area contributed by atoms with Crippen LogP contribution in [-0.4, -0.2) is 52.4 Å². The molecule has 7 heteroatoms. The third-order valence-electron chi connectivity index (χ3n) is 3.53. The van der Waals surface area contributed by atoms with E-state index in [1.165, 1.54) is 26.8 Å². The lowest BCUT2D eigenvalue weighted by Crippen LogP contribution is -2.22. The van der Waals surface area contributed by atoms with Crippen LogP contribution in [0.4, 0.5) is 0 Å². The van der Waals surface area contributed by atoms with E-state index in [2.05, 4.69) is 0 Å². The predicted molar refractivity (Wildman–Crippen MR) is 103 cm³/mol. The summed E-state index contributed by atoms with van der Waals surface area (Å²) in [7, 11) is 0. The van der Waals surface area contributed by atoms with Crippen LogP contribution in [0.5, 0.6) is 0 Å². The van der Waals surface area contributed by atoms with Crippen LogP contribution in [0.25, 0.3) is 0 Å². The lowest BCUT2D eigenvalue weighted by atomic mass is 10.1. The van der Waals surface area contributed by atoms with Crippen molar-refractivity contribution >= 4 is 17.7 Å². The number of ether oxygens (including phenoxy) is 2. The zero-order valence-corrected chi connectivity index (χ0v) is 17.4. The van der Waals surface area contributed by atoms with E-state index in [4.69, 9.17) is 14.6 Å². The maximum atomic E-state index is 10.8. The fraction of sp³-hybridized carbons (Fsp3) is 0.750. The number of ketones is 1. The van der Waals surface area contributed by atoms with Crippen molar-refractivity contribution in [2.45, 2.75) is 98.1 Å². The van der Waals surface area contributed by atoms with Crippen LogP contribution in [0.3, 0.4) is 0 Å². The second kappa shape index (κ2) is 16.4. The molecular formula is C20H36O7. The summed E-state index contributed by atoms with van der Waals surface area (Å²) < 4.78 is 9.87. The van der Waals surface area contributed by atoms with Gasteiger partial charge in [0, 0.05) is 33.1 Å². The molecule has 2 N–H and O–H groups in total. The Morgan fingerprint density at radius 2 is 1.37 bits per heavy atom. The highest BCUT2D eigenvalue weighted by molar-refractivity contribution is 5.87. The summed E-state index contributed by atoms with van der Waals surface area (Å²) in [6, 6.07) is 0. The third-order valence-corrected chi connectivity index (χ3v) is 3.53. The van der Waals surface area contributed by atoms with E-state index in [-0.39, 0.29) is 36.0 Å². The van der Waals surface area contributed by atoms with Gasteiger partial charge in [0.2, 0.25) is 0 Å². The van der Waals surface area contributed by atoms with Crippen LogP contribution in [0, 0.1) is 0 Å². The number of rotatable bonds is 11. The Balaban J connectivity index is 0. The number of carbonyl (C=O) groups is 3. The molecule has 158 valence electrons. The summed E-state index contributed by atoms with van der Waals surface area (Å²) in [5, 5.41) is 18.6. The Morgan fingerprint density at radius 1 is 0.889 bits per heavy atom. The van der Waals surface area contributed by atoms with Gasteiger partial charge in [-0.05, 0) is 32.8 Å². The minimum atomic E-state index is -0.477. The molecule has 0 radical (unpaired) electrons. The number of hydrogen-bond acceptors (Lipinski definition) is 7. The number of carbonyl (C=O) groups excluding carboxylic acids is 3. The quantitative estimate of drug-likeness (QED) is 0.413. The minimum absolute atomic E-state index is 0.0439. The highest BCUT2D eigenvalue weighted by Gasteiger charge is 2.15. The molecule has 0 spiro atoms. The van der Waals surface area contributed by atoms with Crippen LogP contribution >= 0.6 is 0 Å². The van der Waals surface area contributed by atoms with Gasteiger partial charge in [-0.1, -0.05) is 19.9 Å². The smallest absolute Gasteiger partial charge is 0.302 e. The Hall–Kier alpha value is -1.73. The summed E-state index contributed by atoms with van der Waals surface area (Å²) in [6.45, 7) is 9.69. The van der Waals surface area contributed by atoms with E-state index in [1.807, 2.05) is 13.8 Å². The van der Waals surface area contributed by atoms with Crippen molar-refractivity contribution in [3.8, 4) is 0 Å². The van der Waals surface area contributed by atoms with E-state index in [0.717, 1.165) is 0 Å². The van der Waals surface area contributed by atoms with Crippen molar-refractivity contribution in [2.75, 3.05) is 0 Å². The fourth-order valence-electron chi connectivity index (χ4n) is 2.16. The number of hydrogen-bond donors (Lipinski definition) is 2. The Bertz CT molecular complexity index is 459. The first kappa shape index (κ1) is 27.5. The monoisotopic (exact) mass is 388 g/mol. The lowest BCUT2D eigenvalue weighted by molar-refractivity contribution is -0.148. The van der Waals surface area contributed by atoms with Gasteiger partial charge in [0.1, 0.15) is 12.2 Å². The zero-order valence-electron chi connectivity index (χ0n) is 17.4. The summed E-state index contributed by atoms with van der Waals surface area (Å²) in [6.07, 6.45) is 4.43. The number of aliphatic hydroxyl groups excluding tert-OH is 2. The van der Waals surface area contributed by atoms with Gasteiger partial charge >= 0.3 is 11.9 Å². The van der Waals surface area contributed by atoms with Crippen LogP contribution in [0.1, 0.15) is 73.6 Å². The van der Waals surface area contributed by atoms with Crippen LogP contribution in [-0.2, 0) is 23.9 Å². The van der Waals surface area contributed by atoms with Crippen LogP contribution < -0.4 is 0 Å². The van der Waals surface area contributed by atoms with Gasteiger partial charge in [0.25, 0.3) is 0 Å². The highest BCUT2D eigenvalue weighted by Crippen LogP contribution is 2.11. The maximum absolute atomic E-state index is 10.8. The molecule has 4 atom stereocenters. The minimum Gasteiger partial charge on any atom is -0.463 e. The molecule has 4 unspecified atom stereocenters. The molecule has 0 amide bonds. The maximum Gasteiger partial charge on any atom is 0.302 e. The largest absolute Gasteiger partial charge is 0.463 e. The Morgan fingerprint density at radius 3 is 1.78 bits per heavy atom. The second-order valence-electron chi connectivity index (χ2n) is 6.50. The van der Waals surface area contributed by atoms with Gasteiger partial charge in [0.15, 0.2) is 5.78 Å². The fourth-order valence-corrected chi connectivity index (χ4v) is 2.16. The molecule has 0 saturated heterocycles. The first-order valence-corrected chi connectivity index (χ1v) is 9.39. The normalized spacial score (nSPS) is 15.1. The van der Waals surface area contributed by atoms with Gasteiger partial charge < -0.3 is 19.7 Å². The SMILES string of the molecule is CCC(O)CC(C)OC(C)=O.CCC(O)CC(C/C=C/C(C)=O)OC(C)=O. The number of allylic oxidation sites excluding steroid dienone is 1. The molecule has 27 heavy (non-hydrogen) atoms. The van der Waals surface area contributed by atoms with Gasteiger partial charge in [-0.3, -0.25) is 14.4 Å². The summed E-state index contributed by atoms with van der Waals surface area (Å²) in [4.78, 5) is 31.9. The molecule has 0 aliphatic heterocycles. The van der Waals surface area contributed by atoms with Crippen molar-refractivity contribution in [1.29, 1.82) is 0 Å². The van der Waals surface area contributed by atoms with Crippen LogP contribution in [0.15, 0.2) is 12.2 Å². The number of esters is 2. The average Bonchev–Trinajstić information content (AvgIpc) is 2.53. The van der Waals surface area contributed by atoms with E-state index >= 15 is 0 Å². The molecule has 0 saturated carbocycles. The lowest BCUT2D eigenvalue weighted by Gasteiger charge is -2.18. The first-order chi connectivity index (χ1) is 12.5. The molecule has 0 aliphatic carbocycles. The van der Waals surface area contributed by atoms with Crippen molar-refractivity contribution in [3.63, 3.8) is 0 Å². The molecule has 0 rings (SSSR count). The van der Waals surface area contributed by atoms with Crippen molar-refractivity contribution in [2.24, 2.45) is 0 Å². The topological polar surface area (TPSA) is 110 Å². The van der Waals surface area contributed by atoms with Gasteiger partial charge in [0.05, 0.1) is 12.2 Å². The number of aliphatic hydroxyl groups is 2. The van der Waals surface area contributed by atoms with Gasteiger partial charge in [-0.25, -0.2) is 0 Å². The van der Waals surface area contributed by atoms with Crippen LogP contribution in [0.2, 0.25) is 0 Å². The summed E-state index contributed by atoms with van der Waals surface area (Å²) in [5.41, 5.74) is 0. The molecule has 0 fully saturated rings. The second-order valence-corrected chi connectivity index (χ2v) is 6.50. The molecule has 7 nitrogen and oxygen atoms in total. The molecule has 0 aromatic rings. The van der Waals surface area contributed by atoms with Gasteiger partial charge in [-0.2, -0.15) is 0 Å². The molecule has 0 aromatic carbocycles. The Kier molecular flexibility index (Phi) is 16.7. The van der Waals surface area contributed by atoms with Crippen molar-refractivity contribution in [3.05, 3.63) is 12.2 Å². The Labute approximate surface area is 162 Å². The summed E-state index contributed by atoms with van der Waals surface area (Å²) in [5.74, 6) is -0.706. The zero-order chi connectivity index (χ0) is 21.4. The van der Waals surface area contributed by atoms with Gasteiger partial charge in [-0.15, -0.1) is 0 Å². The van der Waals surface area contributed by atoms with E-state index in [9.17, 15) is 19.5 Å². The molecule has 0 heterocycles. The highest BCUT2D eigenvalue weighted by atomic mass is 16.5. The van der Waals surface area contributed by atoms with E-state index in [1.54, 1.807) is 13.0 Å². The first-order valence-electron chi connectivity index (χ1n) is 9.39. The predicted octanol–water partition coefficient (Wildman–Crippen LogP) is 2.71. The van der Waals surface area contributed by atoms with Crippen molar-refractivity contribution in [1.82, 2.24) is 0 Å².